The maximum atomic E-state index is 14.5. The molecule has 9 amide bonds. The largest absolute Gasteiger partial charge is 0.376 e. The third-order valence-electron chi connectivity index (χ3n) is 15.3. The minimum absolute atomic E-state index is 0.00906. The number of carbonyl (C=O) groups is 9. The summed E-state index contributed by atoms with van der Waals surface area (Å²) in [6, 6.07) is 23.4. The number of unbranched alkanes of at least 4 members (excludes halogenated alkanes) is 1. The van der Waals surface area contributed by atoms with E-state index in [4.69, 9.17) is 16.2 Å². The Morgan fingerprint density at radius 1 is 0.627 bits per heavy atom. The molecule has 0 saturated heterocycles. The van der Waals surface area contributed by atoms with Gasteiger partial charge in [0.1, 0.15) is 0 Å². The Labute approximate surface area is 489 Å². The number of hydrogen-bond acceptors (Lipinski definition) is 11. The lowest BCUT2D eigenvalue weighted by Gasteiger charge is -2.32. The molecule has 0 unspecified atom stereocenters. The number of aryl methyl sites for hydroxylation is 1. The van der Waals surface area contributed by atoms with Crippen LogP contribution < -0.4 is 32.7 Å². The van der Waals surface area contributed by atoms with Gasteiger partial charge in [-0.2, -0.15) is 0 Å². The van der Waals surface area contributed by atoms with Gasteiger partial charge in [-0.3, -0.25) is 43.2 Å². The van der Waals surface area contributed by atoms with E-state index in [-0.39, 0.29) is 126 Å². The third kappa shape index (κ3) is 24.3. The highest BCUT2D eigenvalue weighted by atomic mass is 16.5. The van der Waals surface area contributed by atoms with Gasteiger partial charge in [-0.15, -0.1) is 0 Å². The number of carbonyl (C=O) groups excluding carboxylic acids is 9. The highest BCUT2D eigenvalue weighted by molar-refractivity contribution is 5.94. The maximum Gasteiger partial charge on any atom is 0.251 e. The molecule has 2 saturated carbocycles. The van der Waals surface area contributed by atoms with Crippen LogP contribution in [-0.2, 0) is 62.5 Å². The Morgan fingerprint density at radius 2 is 1.16 bits per heavy atom. The topological polar surface area (TPSA) is 276 Å². The van der Waals surface area contributed by atoms with E-state index in [9.17, 15) is 43.2 Å². The van der Waals surface area contributed by atoms with Gasteiger partial charge in [-0.25, -0.2) is 0 Å². The standard InChI is InChI=1S/C63H90N10O10/c1-4-51-35-70(39-55(65)74)60(79)28-30-83-43-49-22-25-50(26-23-49)63(82)69-54(32-46-15-9-6-10-16-46)38-73(62(81)34-48-20-21-48)42-58(77)68-53(31-44(2)3)37-72(61(80)33-47-18-19-47)41-57(76)67-52(17-11-12-29-64)36-71(40-56(75)66-51)59(78)27-24-45-13-7-5-8-14-45/h5-10,13-16,22-23,25-26,44,47-48,51-54H,4,11-12,17-21,24,27-43,64H2,1-3H3,(H2,65,74)(H,66,75)(H,67,76)(H,68,77)(H,69,82)/t51-,52-,53-,54-/m0/s1. The van der Waals surface area contributed by atoms with Crippen LogP contribution >= 0.6 is 0 Å². The van der Waals surface area contributed by atoms with E-state index in [1.807, 2.05) is 81.4 Å². The second-order valence-electron chi connectivity index (χ2n) is 23.3. The lowest BCUT2D eigenvalue weighted by atomic mass is 10.0. The molecule has 83 heavy (non-hydrogen) atoms. The molecule has 2 heterocycles. The lowest BCUT2D eigenvalue weighted by molar-refractivity contribution is -0.139. The molecule has 2 aliphatic heterocycles. The quantitative estimate of drug-likeness (QED) is 0.0782. The summed E-state index contributed by atoms with van der Waals surface area (Å²) in [4.78, 5) is 132. The second kappa shape index (κ2) is 33.8. The Hall–Kier alpha value is -7.19. The molecule has 7 rings (SSSR count). The maximum absolute atomic E-state index is 14.5. The van der Waals surface area contributed by atoms with Crippen LogP contribution in [0, 0.1) is 17.8 Å². The molecule has 2 aliphatic carbocycles. The number of nitrogens with zero attached hydrogens (tertiary/aromatic N) is 4. The average Bonchev–Trinajstić information content (AvgIpc) is 4.48. The molecule has 2 bridgehead atoms. The number of primary amides is 1. The van der Waals surface area contributed by atoms with Crippen LogP contribution in [0.3, 0.4) is 0 Å². The van der Waals surface area contributed by atoms with E-state index in [1.165, 1.54) is 19.6 Å². The van der Waals surface area contributed by atoms with Gasteiger partial charge in [0.25, 0.3) is 5.91 Å². The normalized spacial score (nSPS) is 21.0. The van der Waals surface area contributed by atoms with Gasteiger partial charge < -0.3 is 57.1 Å². The number of benzene rings is 3. The zero-order chi connectivity index (χ0) is 59.7. The van der Waals surface area contributed by atoms with Crippen molar-refractivity contribution >= 4 is 53.2 Å². The summed E-state index contributed by atoms with van der Waals surface area (Å²) in [7, 11) is 0. The van der Waals surface area contributed by atoms with Crippen molar-refractivity contribution in [1.29, 1.82) is 0 Å². The van der Waals surface area contributed by atoms with Crippen molar-refractivity contribution in [3.8, 4) is 0 Å². The van der Waals surface area contributed by atoms with Gasteiger partial charge in [0, 0.05) is 69.1 Å². The first-order chi connectivity index (χ1) is 39.9. The number of nitrogens with one attached hydrogen (secondary N) is 4. The summed E-state index contributed by atoms with van der Waals surface area (Å²) in [6.45, 7) is 4.86. The van der Waals surface area contributed by atoms with Gasteiger partial charge in [0.05, 0.1) is 51.9 Å². The number of fused-ring (bicyclic) bond motifs is 29. The van der Waals surface area contributed by atoms with Gasteiger partial charge in [-0.05, 0) is 117 Å². The van der Waals surface area contributed by atoms with Crippen LogP contribution in [0.25, 0.3) is 0 Å². The van der Waals surface area contributed by atoms with Crippen LogP contribution in [0.5, 0.6) is 0 Å². The fourth-order valence-corrected chi connectivity index (χ4v) is 10.4. The zero-order valence-corrected chi connectivity index (χ0v) is 49.0. The van der Waals surface area contributed by atoms with E-state index in [0.717, 1.165) is 42.4 Å². The molecule has 20 nitrogen and oxygen atoms in total. The Balaban J connectivity index is 1.32. The monoisotopic (exact) mass is 1150 g/mol. The first-order valence-electron chi connectivity index (χ1n) is 30.0. The summed E-state index contributed by atoms with van der Waals surface area (Å²) in [5.41, 5.74) is 14.5. The number of ether oxygens (including phenoxy) is 1. The SMILES string of the molecule is CC[C@H]1CN(CC(N)=O)C(=O)CCOCc2ccc(cc2)C(=O)N[C@@H](Cc2ccccc2)CN(C(=O)CC2CC2)CC(=O)N[C@@H](CC(C)C)CN(C(=O)CC2CC2)CC(=O)N[C@@H](CCCCN)CN(C(=O)CCc2ccccc2)CC(=O)N1. The lowest BCUT2D eigenvalue weighted by Crippen LogP contribution is -2.54. The minimum Gasteiger partial charge on any atom is -0.376 e. The molecular formula is C63H90N10O10. The predicted octanol–water partition coefficient (Wildman–Crippen LogP) is 4.02. The molecular weight excluding hydrogens is 1060 g/mol. The average molecular weight is 1150 g/mol. The van der Waals surface area contributed by atoms with Crippen molar-refractivity contribution in [1.82, 2.24) is 40.9 Å². The van der Waals surface area contributed by atoms with Crippen molar-refractivity contribution in [2.75, 3.05) is 65.5 Å². The number of nitrogens with two attached hydrogens (primary N) is 2. The first kappa shape index (κ1) is 65.0. The van der Waals surface area contributed by atoms with E-state index in [1.54, 1.807) is 24.3 Å². The summed E-state index contributed by atoms with van der Waals surface area (Å²) in [5, 5.41) is 12.4. The molecule has 452 valence electrons. The fraction of sp³-hybridized carbons (Fsp3) is 0.571. The van der Waals surface area contributed by atoms with E-state index in [0.29, 0.717) is 57.1 Å². The van der Waals surface area contributed by atoms with Gasteiger partial charge in [-0.1, -0.05) is 100.0 Å². The van der Waals surface area contributed by atoms with Crippen molar-refractivity contribution < 1.29 is 47.9 Å². The molecule has 3 aromatic rings. The molecule has 20 heteroatoms. The van der Waals surface area contributed by atoms with Crippen LogP contribution in [0.1, 0.15) is 131 Å². The Kier molecular flexibility index (Phi) is 26.5. The van der Waals surface area contributed by atoms with Crippen LogP contribution in [0.4, 0.5) is 0 Å². The van der Waals surface area contributed by atoms with Crippen LogP contribution in [0.2, 0.25) is 0 Å². The number of hydrogen-bond donors (Lipinski definition) is 6. The Bertz CT molecular complexity index is 2600. The molecule has 2 fully saturated rings. The van der Waals surface area contributed by atoms with E-state index in [2.05, 4.69) is 21.3 Å². The highest BCUT2D eigenvalue weighted by Crippen LogP contribution is 2.34. The highest BCUT2D eigenvalue weighted by Gasteiger charge is 2.34. The molecule has 8 N–H and O–H groups in total. The summed E-state index contributed by atoms with van der Waals surface area (Å²) >= 11 is 0. The van der Waals surface area contributed by atoms with Crippen LogP contribution in [0.15, 0.2) is 84.9 Å². The van der Waals surface area contributed by atoms with Crippen molar-refractivity contribution in [2.45, 2.75) is 148 Å². The van der Waals surface area contributed by atoms with Crippen molar-refractivity contribution in [2.24, 2.45) is 29.2 Å². The molecule has 0 aromatic heterocycles. The zero-order valence-electron chi connectivity index (χ0n) is 49.0. The molecule has 0 radical (unpaired) electrons. The number of rotatable bonds is 18. The number of amides is 9. The first-order valence-corrected chi connectivity index (χ1v) is 30.0. The molecule has 3 aromatic carbocycles. The predicted molar refractivity (Wildman–Crippen MR) is 316 cm³/mol. The Morgan fingerprint density at radius 3 is 1.70 bits per heavy atom. The molecule has 4 aliphatic rings. The molecule has 4 atom stereocenters. The van der Waals surface area contributed by atoms with Gasteiger partial charge in [0.2, 0.25) is 47.3 Å². The third-order valence-corrected chi connectivity index (χ3v) is 15.3. The summed E-state index contributed by atoms with van der Waals surface area (Å²) in [5.74, 6) is -3.30. The van der Waals surface area contributed by atoms with Crippen LogP contribution in [-0.4, -0.2) is 162 Å². The van der Waals surface area contributed by atoms with E-state index < -0.39 is 60.2 Å². The van der Waals surface area contributed by atoms with E-state index >= 15 is 0 Å². The molecule has 0 spiro atoms. The van der Waals surface area contributed by atoms with Crippen molar-refractivity contribution in [3.05, 3.63) is 107 Å². The summed E-state index contributed by atoms with van der Waals surface area (Å²) < 4.78 is 5.90. The summed E-state index contributed by atoms with van der Waals surface area (Å²) in [6.07, 6.45) is 7.26. The minimum atomic E-state index is -0.742. The van der Waals surface area contributed by atoms with Crippen molar-refractivity contribution in [3.63, 3.8) is 0 Å². The fourth-order valence-electron chi connectivity index (χ4n) is 10.4. The second-order valence-corrected chi connectivity index (χ2v) is 23.3. The van der Waals surface area contributed by atoms with Gasteiger partial charge >= 0.3 is 0 Å². The smallest absolute Gasteiger partial charge is 0.251 e. The van der Waals surface area contributed by atoms with Gasteiger partial charge in [0.15, 0.2) is 0 Å².